The zero-order chi connectivity index (χ0) is 18.3. The van der Waals surface area contributed by atoms with E-state index in [-0.39, 0.29) is 10.9 Å². The molecule has 2 rings (SSSR count). The summed E-state index contributed by atoms with van der Waals surface area (Å²) in [5.41, 5.74) is 2.56. The van der Waals surface area contributed by atoms with Crippen LogP contribution in [-0.4, -0.2) is 21.0 Å². The third kappa shape index (κ3) is 5.90. The fourth-order valence-electron chi connectivity index (χ4n) is 2.34. The summed E-state index contributed by atoms with van der Waals surface area (Å²) < 4.78 is 32.1. The minimum Gasteiger partial charge on any atom is -0.466 e. The topological polar surface area (TPSA) is 72.5 Å². The zero-order valence-electron chi connectivity index (χ0n) is 14.5. The molecule has 2 aromatic rings. The average molecular weight is 361 g/mol. The largest absolute Gasteiger partial charge is 0.466 e. The lowest BCUT2D eigenvalue weighted by molar-refractivity contribution is -0.143. The van der Waals surface area contributed by atoms with Crippen LogP contribution in [0.3, 0.4) is 0 Å². The molecule has 1 N–H and O–H groups in total. The number of ether oxygens (including phenoxy) is 1. The normalized spacial score (nSPS) is 11.1. The summed E-state index contributed by atoms with van der Waals surface area (Å²) in [6, 6.07) is 13.9. The number of benzene rings is 2. The van der Waals surface area contributed by atoms with Crippen molar-refractivity contribution in [3.63, 3.8) is 0 Å². The van der Waals surface area contributed by atoms with Gasteiger partial charge < -0.3 is 4.74 Å². The van der Waals surface area contributed by atoms with E-state index >= 15 is 0 Å². The molecule has 0 heterocycles. The Labute approximate surface area is 149 Å². The Hall–Kier alpha value is -2.34. The molecule has 0 saturated heterocycles. The van der Waals surface area contributed by atoms with E-state index < -0.39 is 10.0 Å². The maximum Gasteiger partial charge on any atom is 0.305 e. The van der Waals surface area contributed by atoms with Crippen LogP contribution in [0.2, 0.25) is 0 Å². The van der Waals surface area contributed by atoms with Crippen LogP contribution in [-0.2, 0) is 26.0 Å². The molecule has 0 aliphatic carbocycles. The van der Waals surface area contributed by atoms with Gasteiger partial charge in [0.2, 0.25) is 0 Å². The summed E-state index contributed by atoms with van der Waals surface area (Å²) in [5, 5.41) is 0. The molecule has 0 spiro atoms. The fourth-order valence-corrected chi connectivity index (χ4v) is 3.40. The standard InChI is InChI=1S/C19H23NO4S/c1-3-24-19(21)6-4-5-16-9-11-17(12-10-16)20-25(22,23)18-13-7-15(2)8-14-18/h7-14,20H,3-6H2,1-2H3. The van der Waals surface area contributed by atoms with Gasteiger partial charge in [-0.15, -0.1) is 0 Å². The molecule has 6 heteroatoms. The number of sulfonamides is 1. The summed E-state index contributed by atoms with van der Waals surface area (Å²) in [6.45, 7) is 4.09. The highest BCUT2D eigenvalue weighted by molar-refractivity contribution is 7.92. The predicted molar refractivity (Wildman–Crippen MR) is 98.0 cm³/mol. The van der Waals surface area contributed by atoms with Crippen LogP contribution in [0.4, 0.5) is 5.69 Å². The Morgan fingerprint density at radius 3 is 2.28 bits per heavy atom. The first kappa shape index (κ1) is 19.0. The van der Waals surface area contributed by atoms with E-state index in [4.69, 9.17) is 4.74 Å². The minimum absolute atomic E-state index is 0.190. The molecular formula is C19H23NO4S. The monoisotopic (exact) mass is 361 g/mol. The number of esters is 1. The number of rotatable bonds is 8. The van der Waals surface area contributed by atoms with Gasteiger partial charge in [0.05, 0.1) is 11.5 Å². The molecule has 0 aromatic heterocycles. The molecule has 0 fully saturated rings. The van der Waals surface area contributed by atoms with Crippen molar-refractivity contribution in [2.75, 3.05) is 11.3 Å². The molecule has 134 valence electrons. The van der Waals surface area contributed by atoms with Crippen molar-refractivity contribution in [1.29, 1.82) is 0 Å². The van der Waals surface area contributed by atoms with E-state index in [1.165, 1.54) is 0 Å². The van der Waals surface area contributed by atoms with Gasteiger partial charge in [-0.2, -0.15) is 0 Å². The van der Waals surface area contributed by atoms with Gasteiger partial charge in [0.15, 0.2) is 0 Å². The molecule has 0 aliphatic rings. The molecule has 0 radical (unpaired) electrons. The third-order valence-electron chi connectivity index (χ3n) is 3.69. The number of carbonyl (C=O) groups excluding carboxylic acids is 1. The quantitative estimate of drug-likeness (QED) is 0.728. The minimum atomic E-state index is -3.59. The molecule has 0 saturated carbocycles. The molecule has 2 aromatic carbocycles. The summed E-state index contributed by atoms with van der Waals surface area (Å²) in [7, 11) is -3.59. The first-order valence-corrected chi connectivity index (χ1v) is 9.73. The number of carbonyl (C=O) groups is 1. The van der Waals surface area contributed by atoms with E-state index in [0.717, 1.165) is 17.5 Å². The first-order valence-electron chi connectivity index (χ1n) is 8.25. The second-order valence-electron chi connectivity index (χ2n) is 5.77. The average Bonchev–Trinajstić information content (AvgIpc) is 2.57. The van der Waals surface area contributed by atoms with Crippen molar-refractivity contribution in [3.05, 3.63) is 59.7 Å². The van der Waals surface area contributed by atoms with Crippen LogP contribution in [0.1, 0.15) is 30.9 Å². The van der Waals surface area contributed by atoms with Crippen LogP contribution < -0.4 is 4.72 Å². The van der Waals surface area contributed by atoms with E-state index in [1.54, 1.807) is 43.3 Å². The lowest BCUT2D eigenvalue weighted by Gasteiger charge is -2.09. The fraction of sp³-hybridized carbons (Fsp3) is 0.316. The Kier molecular flexibility index (Phi) is 6.58. The lowest BCUT2D eigenvalue weighted by Crippen LogP contribution is -2.12. The van der Waals surface area contributed by atoms with E-state index in [9.17, 15) is 13.2 Å². The molecule has 0 aliphatic heterocycles. The van der Waals surface area contributed by atoms with Gasteiger partial charge in [-0.3, -0.25) is 9.52 Å². The number of hydrogen-bond acceptors (Lipinski definition) is 4. The van der Waals surface area contributed by atoms with Gasteiger partial charge in [0, 0.05) is 12.1 Å². The molecular weight excluding hydrogens is 338 g/mol. The Bertz CT molecular complexity index is 796. The molecule has 0 unspecified atom stereocenters. The highest BCUT2D eigenvalue weighted by Crippen LogP contribution is 2.18. The second-order valence-corrected chi connectivity index (χ2v) is 7.46. The van der Waals surface area contributed by atoms with Gasteiger partial charge >= 0.3 is 5.97 Å². The van der Waals surface area contributed by atoms with Crippen molar-refractivity contribution in [1.82, 2.24) is 0 Å². The highest BCUT2D eigenvalue weighted by atomic mass is 32.2. The van der Waals surface area contributed by atoms with Gasteiger partial charge in [0.1, 0.15) is 0 Å². The van der Waals surface area contributed by atoms with Gasteiger partial charge in [0.25, 0.3) is 10.0 Å². The predicted octanol–water partition coefficient (Wildman–Crippen LogP) is 3.68. The maximum absolute atomic E-state index is 12.3. The van der Waals surface area contributed by atoms with Crippen LogP contribution in [0.25, 0.3) is 0 Å². The molecule has 0 amide bonds. The van der Waals surface area contributed by atoms with Crippen molar-refractivity contribution in [3.8, 4) is 0 Å². The van der Waals surface area contributed by atoms with Crippen molar-refractivity contribution in [2.45, 2.75) is 38.0 Å². The Morgan fingerprint density at radius 1 is 1.04 bits per heavy atom. The third-order valence-corrected chi connectivity index (χ3v) is 5.09. The Morgan fingerprint density at radius 2 is 1.68 bits per heavy atom. The first-order chi connectivity index (χ1) is 11.9. The van der Waals surface area contributed by atoms with Crippen molar-refractivity contribution >= 4 is 21.7 Å². The summed E-state index contributed by atoms with van der Waals surface area (Å²) in [5.74, 6) is -0.190. The lowest BCUT2D eigenvalue weighted by atomic mass is 10.1. The number of anilines is 1. The second kappa shape index (κ2) is 8.67. The summed E-state index contributed by atoms with van der Waals surface area (Å²) >= 11 is 0. The van der Waals surface area contributed by atoms with Crippen LogP contribution in [0.5, 0.6) is 0 Å². The van der Waals surface area contributed by atoms with Gasteiger partial charge in [-0.1, -0.05) is 29.8 Å². The maximum atomic E-state index is 12.3. The summed E-state index contributed by atoms with van der Waals surface area (Å²) in [6.07, 6.45) is 1.83. The number of nitrogens with one attached hydrogen (secondary N) is 1. The molecule has 0 bridgehead atoms. The van der Waals surface area contributed by atoms with Crippen molar-refractivity contribution in [2.24, 2.45) is 0 Å². The van der Waals surface area contributed by atoms with E-state index in [1.807, 2.05) is 19.1 Å². The SMILES string of the molecule is CCOC(=O)CCCc1ccc(NS(=O)(=O)c2ccc(C)cc2)cc1. The zero-order valence-corrected chi connectivity index (χ0v) is 15.3. The van der Waals surface area contributed by atoms with E-state index in [2.05, 4.69) is 4.72 Å². The number of hydrogen-bond donors (Lipinski definition) is 1. The highest BCUT2D eigenvalue weighted by Gasteiger charge is 2.13. The molecule has 0 atom stereocenters. The van der Waals surface area contributed by atoms with Gasteiger partial charge in [-0.25, -0.2) is 8.42 Å². The molecule has 5 nitrogen and oxygen atoms in total. The van der Waals surface area contributed by atoms with Crippen LogP contribution >= 0.6 is 0 Å². The van der Waals surface area contributed by atoms with Crippen LogP contribution in [0.15, 0.2) is 53.4 Å². The van der Waals surface area contributed by atoms with Gasteiger partial charge in [-0.05, 0) is 56.5 Å². The molecule has 25 heavy (non-hydrogen) atoms. The van der Waals surface area contributed by atoms with Crippen molar-refractivity contribution < 1.29 is 17.9 Å². The number of aryl methyl sites for hydroxylation is 2. The van der Waals surface area contributed by atoms with E-state index in [0.29, 0.717) is 25.1 Å². The summed E-state index contributed by atoms with van der Waals surface area (Å²) in [4.78, 5) is 11.5. The smallest absolute Gasteiger partial charge is 0.305 e. The van der Waals surface area contributed by atoms with Crippen LogP contribution in [0, 0.1) is 6.92 Å². The Balaban J connectivity index is 1.93.